The van der Waals surface area contributed by atoms with Crippen LogP contribution >= 0.6 is 34.7 Å². The summed E-state index contributed by atoms with van der Waals surface area (Å²) >= 11 is 8.81. The molecule has 1 N–H and O–H groups in total. The lowest BCUT2D eigenvalue weighted by atomic mass is 10.1. The molecule has 0 bridgehead atoms. The van der Waals surface area contributed by atoms with E-state index in [4.69, 9.17) is 16.3 Å². The first-order valence-electron chi connectivity index (χ1n) is 10.7. The van der Waals surface area contributed by atoms with E-state index in [9.17, 15) is 4.79 Å². The molecule has 1 amide bonds. The van der Waals surface area contributed by atoms with Crippen LogP contribution in [0, 0.1) is 13.8 Å². The van der Waals surface area contributed by atoms with Gasteiger partial charge in [-0.05, 0) is 44.5 Å². The summed E-state index contributed by atoms with van der Waals surface area (Å²) in [4.78, 5) is 17.0. The molecule has 0 saturated carbocycles. The Bertz CT molecular complexity index is 1290. The van der Waals surface area contributed by atoms with Crippen molar-refractivity contribution < 1.29 is 9.53 Å². The Morgan fingerprint density at radius 1 is 1.18 bits per heavy atom. The number of nitrogens with zero attached hydrogens (tertiary/aromatic N) is 4. The average Bonchev–Trinajstić information content (AvgIpc) is 3.45. The Balaban J connectivity index is 1.32. The minimum absolute atomic E-state index is 0.144. The molecule has 7 nitrogen and oxygen atoms in total. The number of thiazole rings is 1. The van der Waals surface area contributed by atoms with Gasteiger partial charge in [0, 0.05) is 22.5 Å². The summed E-state index contributed by atoms with van der Waals surface area (Å²) in [7, 11) is 0. The van der Waals surface area contributed by atoms with Crippen LogP contribution in [0.15, 0.2) is 53.0 Å². The third-order valence-electron chi connectivity index (χ3n) is 5.04. The average molecular weight is 514 g/mol. The van der Waals surface area contributed by atoms with E-state index < -0.39 is 0 Å². The summed E-state index contributed by atoms with van der Waals surface area (Å²) in [5.74, 6) is 1.47. The molecule has 4 rings (SSSR count). The zero-order valence-electron chi connectivity index (χ0n) is 19.0. The van der Waals surface area contributed by atoms with Gasteiger partial charge in [0.25, 0.3) is 0 Å². The number of nitrogens with one attached hydrogen (secondary N) is 1. The monoisotopic (exact) mass is 513 g/mol. The number of halogens is 1. The maximum Gasteiger partial charge on any atom is 0.236 e. The summed E-state index contributed by atoms with van der Waals surface area (Å²) in [5, 5.41) is 15.2. The number of aryl methyl sites for hydroxylation is 2. The second-order valence-corrected chi connectivity index (χ2v) is 9.79. The molecule has 0 aliphatic heterocycles. The third kappa shape index (κ3) is 5.97. The maximum absolute atomic E-state index is 12.5. The van der Waals surface area contributed by atoms with Crippen molar-refractivity contribution >= 4 is 45.7 Å². The van der Waals surface area contributed by atoms with Crippen molar-refractivity contribution in [3.8, 4) is 17.0 Å². The number of hydrogen-bond donors (Lipinski definition) is 1. The van der Waals surface area contributed by atoms with Gasteiger partial charge in [-0.25, -0.2) is 4.98 Å². The second kappa shape index (κ2) is 11.0. The molecule has 176 valence electrons. The minimum Gasteiger partial charge on any atom is -0.486 e. The fourth-order valence-electron chi connectivity index (χ4n) is 3.18. The third-order valence-corrected chi connectivity index (χ3v) is 7.19. The minimum atomic E-state index is -0.144. The van der Waals surface area contributed by atoms with Gasteiger partial charge in [0.05, 0.1) is 11.4 Å². The molecular weight excluding hydrogens is 490 g/mol. The molecule has 2 aromatic carbocycles. The van der Waals surface area contributed by atoms with Gasteiger partial charge in [0.2, 0.25) is 5.91 Å². The van der Waals surface area contributed by atoms with Gasteiger partial charge in [-0.1, -0.05) is 53.2 Å². The fourth-order valence-corrected chi connectivity index (χ4v) is 4.85. The number of rotatable bonds is 9. The van der Waals surface area contributed by atoms with Crippen molar-refractivity contribution in [1.29, 1.82) is 0 Å². The van der Waals surface area contributed by atoms with Gasteiger partial charge in [-0.3, -0.25) is 4.79 Å². The topological polar surface area (TPSA) is 81.9 Å². The lowest BCUT2D eigenvalue weighted by Gasteiger charge is -2.09. The molecule has 0 atom stereocenters. The normalized spacial score (nSPS) is 10.9. The molecule has 0 aliphatic carbocycles. The first kappa shape index (κ1) is 24.3. The van der Waals surface area contributed by atoms with Gasteiger partial charge in [0.15, 0.2) is 16.1 Å². The molecular formula is C24H24ClN5O2S2. The van der Waals surface area contributed by atoms with Crippen LogP contribution < -0.4 is 10.1 Å². The van der Waals surface area contributed by atoms with Crippen molar-refractivity contribution in [1.82, 2.24) is 19.7 Å². The van der Waals surface area contributed by atoms with Gasteiger partial charge in [0.1, 0.15) is 12.4 Å². The molecule has 0 radical (unpaired) electrons. The van der Waals surface area contributed by atoms with Crippen LogP contribution in [0.4, 0.5) is 5.13 Å². The summed E-state index contributed by atoms with van der Waals surface area (Å²) in [6.45, 7) is 6.92. The number of thioether (sulfide) groups is 1. The summed E-state index contributed by atoms with van der Waals surface area (Å²) in [6.07, 6.45) is 0. The Morgan fingerprint density at radius 2 is 1.97 bits per heavy atom. The number of ether oxygens (including phenoxy) is 1. The Hall–Kier alpha value is -2.88. The quantitative estimate of drug-likeness (QED) is 0.276. The fraction of sp³-hybridized carbons (Fsp3) is 0.250. The molecule has 2 aromatic heterocycles. The number of carbonyl (C=O) groups is 1. The predicted octanol–water partition coefficient (Wildman–Crippen LogP) is 6.00. The summed E-state index contributed by atoms with van der Waals surface area (Å²) < 4.78 is 7.80. The van der Waals surface area contributed by atoms with E-state index in [-0.39, 0.29) is 18.3 Å². The van der Waals surface area contributed by atoms with Crippen molar-refractivity contribution in [2.45, 2.75) is 39.1 Å². The largest absolute Gasteiger partial charge is 0.486 e. The van der Waals surface area contributed by atoms with Crippen LogP contribution in [0.5, 0.6) is 5.75 Å². The number of carbonyl (C=O) groups excluding carboxylic acids is 1. The smallest absolute Gasteiger partial charge is 0.236 e. The zero-order valence-corrected chi connectivity index (χ0v) is 21.4. The standard InChI is InChI=1S/C24H24ClN5O2S2/c1-4-30-21(12-32-18-9-10-19(25)16(3)11-18)28-29-24(30)34-14-22(31)27-23-26-20(13-33-23)17-7-5-15(2)6-8-17/h5-11,13H,4,12,14H2,1-3H3,(H,26,27,31). The van der Waals surface area contributed by atoms with E-state index in [1.807, 2.05) is 73.2 Å². The van der Waals surface area contributed by atoms with Crippen molar-refractivity contribution in [3.05, 3.63) is 69.8 Å². The second-order valence-electron chi connectivity index (χ2n) is 7.58. The number of anilines is 1. The van der Waals surface area contributed by atoms with E-state index in [1.54, 1.807) is 0 Å². The molecule has 0 unspecified atom stereocenters. The van der Waals surface area contributed by atoms with Crippen LogP contribution in [-0.4, -0.2) is 31.4 Å². The SMILES string of the molecule is CCn1c(COc2ccc(Cl)c(C)c2)nnc1SCC(=O)Nc1nc(-c2ccc(C)cc2)cs1. The van der Waals surface area contributed by atoms with Gasteiger partial charge in [-0.15, -0.1) is 21.5 Å². The lowest BCUT2D eigenvalue weighted by Crippen LogP contribution is -2.14. The van der Waals surface area contributed by atoms with E-state index in [2.05, 4.69) is 20.5 Å². The molecule has 2 heterocycles. The first-order valence-corrected chi connectivity index (χ1v) is 12.9. The van der Waals surface area contributed by atoms with Crippen LogP contribution in [-0.2, 0) is 17.9 Å². The summed E-state index contributed by atoms with van der Waals surface area (Å²) in [5.41, 5.74) is 4.01. The van der Waals surface area contributed by atoms with Crippen molar-refractivity contribution in [3.63, 3.8) is 0 Å². The van der Waals surface area contributed by atoms with Crippen molar-refractivity contribution in [2.24, 2.45) is 0 Å². The number of hydrogen-bond acceptors (Lipinski definition) is 7. The van der Waals surface area contributed by atoms with Crippen LogP contribution in [0.1, 0.15) is 23.9 Å². The molecule has 0 spiro atoms. The highest BCUT2D eigenvalue weighted by Gasteiger charge is 2.15. The van der Waals surface area contributed by atoms with Crippen molar-refractivity contribution in [2.75, 3.05) is 11.1 Å². The number of amides is 1. The van der Waals surface area contributed by atoms with Crippen LogP contribution in [0.25, 0.3) is 11.3 Å². The first-order chi connectivity index (χ1) is 16.4. The van der Waals surface area contributed by atoms with E-state index in [0.29, 0.717) is 27.7 Å². The van der Waals surface area contributed by atoms with Crippen LogP contribution in [0.2, 0.25) is 5.02 Å². The van der Waals surface area contributed by atoms with Gasteiger partial charge in [-0.2, -0.15) is 0 Å². The predicted molar refractivity (Wildman–Crippen MR) is 138 cm³/mol. The Labute approximate surface area is 211 Å². The molecule has 0 fully saturated rings. The molecule has 0 saturated heterocycles. The van der Waals surface area contributed by atoms with Gasteiger partial charge >= 0.3 is 0 Å². The number of benzene rings is 2. The zero-order chi connectivity index (χ0) is 24.1. The highest BCUT2D eigenvalue weighted by Crippen LogP contribution is 2.26. The van der Waals surface area contributed by atoms with E-state index in [0.717, 1.165) is 22.6 Å². The Morgan fingerprint density at radius 3 is 2.71 bits per heavy atom. The van der Waals surface area contributed by atoms with Gasteiger partial charge < -0.3 is 14.6 Å². The summed E-state index contributed by atoms with van der Waals surface area (Å²) in [6, 6.07) is 13.7. The molecule has 4 aromatic rings. The number of aromatic nitrogens is 4. The highest BCUT2D eigenvalue weighted by atomic mass is 35.5. The molecule has 34 heavy (non-hydrogen) atoms. The highest BCUT2D eigenvalue weighted by molar-refractivity contribution is 7.99. The molecule has 0 aliphatic rings. The van der Waals surface area contributed by atoms with E-state index >= 15 is 0 Å². The maximum atomic E-state index is 12.5. The lowest BCUT2D eigenvalue weighted by molar-refractivity contribution is -0.113. The molecule has 10 heteroatoms. The Kier molecular flexibility index (Phi) is 7.87. The van der Waals surface area contributed by atoms with Crippen LogP contribution in [0.3, 0.4) is 0 Å². The van der Waals surface area contributed by atoms with E-state index in [1.165, 1.54) is 28.7 Å².